The third kappa shape index (κ3) is 2.73. The van der Waals surface area contributed by atoms with Crippen LogP contribution in [0.1, 0.15) is 23.4 Å². The summed E-state index contributed by atoms with van der Waals surface area (Å²) in [6, 6.07) is 9.11. The fourth-order valence-electron chi connectivity index (χ4n) is 2.87. The maximum Gasteiger partial charge on any atom is 0.291 e. The Morgan fingerprint density at radius 2 is 2.08 bits per heavy atom. The molecule has 2 aromatic heterocycles. The number of anilines is 2. The predicted octanol–water partition coefficient (Wildman–Crippen LogP) is 2.11. The number of rotatable bonds is 4. The Morgan fingerprint density at radius 3 is 2.79 bits per heavy atom. The molecule has 0 spiro atoms. The Bertz CT molecular complexity index is 822. The van der Waals surface area contributed by atoms with Crippen molar-refractivity contribution in [1.82, 2.24) is 20.2 Å². The van der Waals surface area contributed by atoms with Gasteiger partial charge in [0.15, 0.2) is 5.76 Å². The number of hydrogen-bond acceptors (Lipinski definition) is 6. The van der Waals surface area contributed by atoms with E-state index in [1.165, 1.54) is 12.6 Å². The number of hydrogen-bond donors (Lipinski definition) is 1. The molecule has 1 amide bonds. The van der Waals surface area contributed by atoms with Crippen molar-refractivity contribution < 1.29 is 9.21 Å². The summed E-state index contributed by atoms with van der Waals surface area (Å²) in [5.74, 6) is -0.00971. The number of nitrogens with zero attached hydrogens (tertiary/aromatic N) is 5. The van der Waals surface area contributed by atoms with Gasteiger partial charge in [-0.3, -0.25) is 4.79 Å². The van der Waals surface area contributed by atoms with Crippen molar-refractivity contribution >= 4 is 17.3 Å². The number of carbonyl (C=O) groups excluding carboxylic acids is 1. The Kier molecular flexibility index (Phi) is 3.70. The first-order chi connectivity index (χ1) is 11.8. The molecule has 3 aromatic rings. The molecule has 24 heavy (non-hydrogen) atoms. The molecule has 1 aliphatic rings. The Morgan fingerprint density at radius 1 is 1.21 bits per heavy atom. The van der Waals surface area contributed by atoms with Crippen LogP contribution in [0.2, 0.25) is 0 Å². The smallest absolute Gasteiger partial charge is 0.291 e. The van der Waals surface area contributed by atoms with Crippen molar-refractivity contribution in [1.29, 1.82) is 0 Å². The minimum atomic E-state index is -0.283. The standard InChI is InChI=1S/C16H16N6O2/c23-16(15-4-3-9-24-15)18-13-10-12(22-11-17-19-20-22)5-6-14(13)21-7-1-2-8-21/h3-6,9-11H,1-2,7-8H2,(H,18,23). The zero-order chi connectivity index (χ0) is 16.4. The van der Waals surface area contributed by atoms with Crippen LogP contribution in [0.15, 0.2) is 47.3 Å². The summed E-state index contributed by atoms with van der Waals surface area (Å²) in [6.07, 6.45) is 5.30. The molecule has 1 saturated heterocycles. The van der Waals surface area contributed by atoms with Gasteiger partial charge in [-0.2, -0.15) is 0 Å². The second kappa shape index (κ2) is 6.15. The van der Waals surface area contributed by atoms with Gasteiger partial charge in [0.05, 0.1) is 23.3 Å². The van der Waals surface area contributed by atoms with E-state index < -0.39 is 0 Å². The fraction of sp³-hybridized carbons (Fsp3) is 0.250. The highest BCUT2D eigenvalue weighted by Gasteiger charge is 2.19. The lowest BCUT2D eigenvalue weighted by atomic mass is 10.2. The highest BCUT2D eigenvalue weighted by atomic mass is 16.3. The second-order valence-electron chi connectivity index (χ2n) is 5.58. The van der Waals surface area contributed by atoms with E-state index in [0.717, 1.165) is 37.3 Å². The maximum atomic E-state index is 12.4. The highest BCUT2D eigenvalue weighted by molar-refractivity contribution is 6.04. The van der Waals surface area contributed by atoms with Crippen LogP contribution in [-0.2, 0) is 0 Å². The van der Waals surface area contributed by atoms with Crippen LogP contribution in [0.4, 0.5) is 11.4 Å². The number of benzene rings is 1. The molecule has 8 nitrogen and oxygen atoms in total. The van der Waals surface area contributed by atoms with Crippen molar-refractivity contribution in [2.24, 2.45) is 0 Å². The maximum absolute atomic E-state index is 12.4. The van der Waals surface area contributed by atoms with Crippen molar-refractivity contribution in [3.05, 3.63) is 48.7 Å². The Hall–Kier alpha value is -3.16. The second-order valence-corrected chi connectivity index (χ2v) is 5.58. The van der Waals surface area contributed by atoms with Crippen molar-refractivity contribution in [2.45, 2.75) is 12.8 Å². The molecule has 1 fully saturated rings. The number of amides is 1. The minimum absolute atomic E-state index is 0.273. The van der Waals surface area contributed by atoms with Gasteiger partial charge in [0, 0.05) is 13.1 Å². The SMILES string of the molecule is O=C(Nc1cc(-n2cnnn2)ccc1N1CCCC1)c1ccco1. The first kappa shape index (κ1) is 14.4. The van der Waals surface area contributed by atoms with E-state index >= 15 is 0 Å². The minimum Gasteiger partial charge on any atom is -0.459 e. The van der Waals surface area contributed by atoms with Crippen molar-refractivity contribution in [3.63, 3.8) is 0 Å². The molecule has 4 rings (SSSR count). The van der Waals surface area contributed by atoms with Gasteiger partial charge in [0.2, 0.25) is 0 Å². The topological polar surface area (TPSA) is 89.1 Å². The number of nitrogens with one attached hydrogen (secondary N) is 1. The summed E-state index contributed by atoms with van der Waals surface area (Å²) >= 11 is 0. The van der Waals surface area contributed by atoms with Gasteiger partial charge in [0.25, 0.3) is 5.91 Å². The largest absolute Gasteiger partial charge is 0.459 e. The van der Waals surface area contributed by atoms with Crippen LogP contribution >= 0.6 is 0 Å². The van der Waals surface area contributed by atoms with Gasteiger partial charge < -0.3 is 14.6 Å². The van der Waals surface area contributed by atoms with E-state index in [2.05, 4.69) is 25.7 Å². The van der Waals surface area contributed by atoms with Gasteiger partial charge in [-0.15, -0.1) is 5.10 Å². The van der Waals surface area contributed by atoms with E-state index in [4.69, 9.17) is 4.42 Å². The average Bonchev–Trinajstić information content (AvgIpc) is 3.37. The molecule has 1 aromatic carbocycles. The van der Waals surface area contributed by atoms with Gasteiger partial charge >= 0.3 is 0 Å². The van der Waals surface area contributed by atoms with Crippen LogP contribution in [-0.4, -0.2) is 39.2 Å². The van der Waals surface area contributed by atoms with E-state index in [0.29, 0.717) is 5.69 Å². The van der Waals surface area contributed by atoms with Crippen LogP contribution in [0.25, 0.3) is 5.69 Å². The van der Waals surface area contributed by atoms with E-state index in [1.807, 2.05) is 18.2 Å². The summed E-state index contributed by atoms with van der Waals surface area (Å²) in [5, 5.41) is 14.1. The average molecular weight is 324 g/mol. The molecule has 1 N–H and O–H groups in total. The monoisotopic (exact) mass is 324 g/mol. The summed E-state index contributed by atoms with van der Waals surface area (Å²) in [5.41, 5.74) is 2.48. The molecule has 0 atom stereocenters. The normalized spacial score (nSPS) is 14.1. The van der Waals surface area contributed by atoms with Crippen LogP contribution in [0.3, 0.4) is 0 Å². The fourth-order valence-corrected chi connectivity index (χ4v) is 2.87. The van der Waals surface area contributed by atoms with E-state index in [1.54, 1.807) is 16.8 Å². The zero-order valence-corrected chi connectivity index (χ0v) is 12.9. The van der Waals surface area contributed by atoms with Crippen molar-refractivity contribution in [3.8, 4) is 5.69 Å². The van der Waals surface area contributed by atoms with Crippen molar-refractivity contribution in [2.75, 3.05) is 23.3 Å². The summed E-state index contributed by atoms with van der Waals surface area (Å²) in [4.78, 5) is 14.6. The summed E-state index contributed by atoms with van der Waals surface area (Å²) in [7, 11) is 0. The number of tetrazole rings is 1. The third-order valence-corrected chi connectivity index (χ3v) is 4.03. The lowest BCUT2D eigenvalue weighted by molar-refractivity contribution is 0.0996. The van der Waals surface area contributed by atoms with E-state index in [-0.39, 0.29) is 11.7 Å². The molecular formula is C16H16N6O2. The molecule has 3 heterocycles. The highest BCUT2D eigenvalue weighted by Crippen LogP contribution is 2.31. The molecule has 122 valence electrons. The Balaban J connectivity index is 1.70. The van der Waals surface area contributed by atoms with Gasteiger partial charge in [-0.05, 0) is 53.6 Å². The molecule has 0 bridgehead atoms. The molecule has 0 unspecified atom stereocenters. The molecule has 1 aliphatic heterocycles. The predicted molar refractivity (Wildman–Crippen MR) is 87.3 cm³/mol. The van der Waals surface area contributed by atoms with Gasteiger partial charge in [-0.1, -0.05) is 0 Å². The number of carbonyl (C=O) groups is 1. The quantitative estimate of drug-likeness (QED) is 0.790. The molecule has 0 aliphatic carbocycles. The summed E-state index contributed by atoms with van der Waals surface area (Å²) < 4.78 is 6.72. The molecule has 0 saturated carbocycles. The van der Waals surface area contributed by atoms with Gasteiger partial charge in [0.1, 0.15) is 6.33 Å². The third-order valence-electron chi connectivity index (χ3n) is 4.03. The first-order valence-corrected chi connectivity index (χ1v) is 7.78. The summed E-state index contributed by atoms with van der Waals surface area (Å²) in [6.45, 7) is 1.96. The first-order valence-electron chi connectivity index (χ1n) is 7.78. The van der Waals surface area contributed by atoms with E-state index in [9.17, 15) is 4.79 Å². The van der Waals surface area contributed by atoms with Crippen LogP contribution < -0.4 is 10.2 Å². The Labute approximate surface area is 138 Å². The van der Waals surface area contributed by atoms with Gasteiger partial charge in [-0.25, -0.2) is 4.68 Å². The number of aromatic nitrogens is 4. The molecule has 8 heteroatoms. The lowest BCUT2D eigenvalue weighted by Crippen LogP contribution is -2.21. The molecule has 0 radical (unpaired) electrons. The number of furan rings is 1. The van der Waals surface area contributed by atoms with Crippen LogP contribution in [0.5, 0.6) is 0 Å². The van der Waals surface area contributed by atoms with Crippen LogP contribution in [0, 0.1) is 0 Å². The zero-order valence-electron chi connectivity index (χ0n) is 12.9. The lowest BCUT2D eigenvalue weighted by Gasteiger charge is -2.22. The molecular weight excluding hydrogens is 308 g/mol.